The van der Waals surface area contributed by atoms with Crippen LogP contribution >= 0.6 is 11.6 Å². The van der Waals surface area contributed by atoms with Gasteiger partial charge in [0.05, 0.1) is 24.3 Å². The normalized spacial score (nSPS) is 22.7. The summed E-state index contributed by atoms with van der Waals surface area (Å²) in [5.41, 5.74) is 0.711. The topological polar surface area (TPSA) is 69.2 Å². The molecule has 1 saturated heterocycles. The van der Waals surface area contributed by atoms with Gasteiger partial charge in [0.25, 0.3) is 5.88 Å². The molecular formula is C11H15ClN2O3S. The van der Waals surface area contributed by atoms with E-state index in [4.69, 9.17) is 16.3 Å². The Morgan fingerprint density at radius 1 is 1.50 bits per heavy atom. The third kappa shape index (κ3) is 3.32. The Bertz CT molecular complexity index is 533. The van der Waals surface area contributed by atoms with Gasteiger partial charge in [-0.2, -0.15) is 5.10 Å². The molecule has 1 fully saturated rings. The van der Waals surface area contributed by atoms with Crippen molar-refractivity contribution in [3.63, 3.8) is 0 Å². The number of aromatic nitrogens is 2. The van der Waals surface area contributed by atoms with E-state index >= 15 is 0 Å². The Morgan fingerprint density at radius 2 is 2.28 bits per heavy atom. The van der Waals surface area contributed by atoms with E-state index < -0.39 is 9.84 Å². The molecule has 0 spiro atoms. The van der Waals surface area contributed by atoms with Crippen LogP contribution in [-0.2, 0) is 16.3 Å². The summed E-state index contributed by atoms with van der Waals surface area (Å²) in [6, 6.07) is 1.69. The van der Waals surface area contributed by atoms with Gasteiger partial charge in [-0.1, -0.05) is 11.6 Å². The number of hydrogen-bond acceptors (Lipinski definition) is 5. The second-order valence-electron chi connectivity index (χ2n) is 4.52. The first-order valence-corrected chi connectivity index (χ1v) is 7.96. The van der Waals surface area contributed by atoms with Crippen LogP contribution in [0.15, 0.2) is 6.07 Å². The lowest BCUT2D eigenvalue weighted by Gasteiger charge is -2.21. The number of halogens is 1. The molecule has 0 radical (unpaired) electrons. The first-order chi connectivity index (χ1) is 8.50. The summed E-state index contributed by atoms with van der Waals surface area (Å²) in [5.74, 6) is 0.941. The molecule has 0 bridgehead atoms. The zero-order valence-corrected chi connectivity index (χ0v) is 11.7. The third-order valence-electron chi connectivity index (χ3n) is 3.02. The third-order valence-corrected chi connectivity index (χ3v) is 5.18. The van der Waals surface area contributed by atoms with Crippen LogP contribution in [0.1, 0.15) is 18.5 Å². The van der Waals surface area contributed by atoms with Crippen LogP contribution in [0, 0.1) is 5.92 Å². The highest BCUT2D eigenvalue weighted by Gasteiger charge is 2.25. The minimum Gasteiger partial charge on any atom is -0.479 e. The molecule has 1 atom stereocenters. The van der Waals surface area contributed by atoms with E-state index in [2.05, 4.69) is 10.2 Å². The summed E-state index contributed by atoms with van der Waals surface area (Å²) in [5, 5.41) is 8.25. The van der Waals surface area contributed by atoms with E-state index in [0.29, 0.717) is 22.9 Å². The zero-order chi connectivity index (χ0) is 13.2. The number of rotatable bonds is 3. The monoisotopic (exact) mass is 290 g/mol. The van der Waals surface area contributed by atoms with Crippen molar-refractivity contribution in [3.8, 4) is 5.88 Å². The van der Waals surface area contributed by atoms with Gasteiger partial charge in [-0.25, -0.2) is 8.42 Å². The van der Waals surface area contributed by atoms with Gasteiger partial charge in [0, 0.05) is 0 Å². The standard InChI is InChI=1S/C11H15ClN2O3S/c1-17-11-10(12)6-9(13-14-11)5-8-3-2-4-18(15,16)7-8/h6,8H,2-5,7H2,1H3. The highest BCUT2D eigenvalue weighted by Crippen LogP contribution is 2.25. The fourth-order valence-electron chi connectivity index (χ4n) is 2.21. The Labute approximate surface area is 111 Å². The summed E-state index contributed by atoms with van der Waals surface area (Å²) in [7, 11) is -1.41. The summed E-state index contributed by atoms with van der Waals surface area (Å²) in [4.78, 5) is 0. The molecule has 0 aliphatic carbocycles. The maximum absolute atomic E-state index is 11.5. The van der Waals surface area contributed by atoms with Crippen molar-refractivity contribution in [2.45, 2.75) is 19.3 Å². The van der Waals surface area contributed by atoms with Crippen LogP contribution < -0.4 is 4.74 Å². The number of hydrogen-bond donors (Lipinski definition) is 0. The van der Waals surface area contributed by atoms with Crippen molar-refractivity contribution in [3.05, 3.63) is 16.8 Å². The van der Waals surface area contributed by atoms with E-state index in [-0.39, 0.29) is 17.6 Å². The number of ether oxygens (including phenoxy) is 1. The van der Waals surface area contributed by atoms with Crippen LogP contribution in [0.2, 0.25) is 5.02 Å². The fraction of sp³-hybridized carbons (Fsp3) is 0.636. The molecule has 0 saturated carbocycles. The molecule has 1 aliphatic heterocycles. The maximum Gasteiger partial charge on any atom is 0.252 e. The van der Waals surface area contributed by atoms with E-state index in [1.807, 2.05) is 0 Å². The lowest BCUT2D eigenvalue weighted by Crippen LogP contribution is -2.26. The highest BCUT2D eigenvalue weighted by molar-refractivity contribution is 7.91. The van der Waals surface area contributed by atoms with Crippen molar-refractivity contribution in [2.24, 2.45) is 5.92 Å². The van der Waals surface area contributed by atoms with Crippen molar-refractivity contribution >= 4 is 21.4 Å². The maximum atomic E-state index is 11.5. The predicted molar refractivity (Wildman–Crippen MR) is 68.7 cm³/mol. The largest absolute Gasteiger partial charge is 0.479 e. The molecule has 5 nitrogen and oxygen atoms in total. The van der Waals surface area contributed by atoms with E-state index in [0.717, 1.165) is 12.8 Å². The molecule has 0 aromatic carbocycles. The van der Waals surface area contributed by atoms with Gasteiger partial charge in [-0.15, -0.1) is 5.10 Å². The van der Waals surface area contributed by atoms with Crippen LogP contribution in [0.5, 0.6) is 5.88 Å². The first kappa shape index (κ1) is 13.5. The molecule has 2 heterocycles. The van der Waals surface area contributed by atoms with Crippen molar-refractivity contribution < 1.29 is 13.2 Å². The van der Waals surface area contributed by atoms with Crippen molar-refractivity contribution in [2.75, 3.05) is 18.6 Å². The number of sulfone groups is 1. The van der Waals surface area contributed by atoms with Crippen LogP contribution in [0.25, 0.3) is 0 Å². The van der Waals surface area contributed by atoms with E-state index in [1.54, 1.807) is 6.07 Å². The smallest absolute Gasteiger partial charge is 0.252 e. The number of methoxy groups -OCH3 is 1. The molecule has 1 aromatic heterocycles. The summed E-state index contributed by atoms with van der Waals surface area (Å²) >= 11 is 5.96. The lowest BCUT2D eigenvalue weighted by molar-refractivity contribution is 0.390. The molecule has 7 heteroatoms. The summed E-state index contributed by atoms with van der Waals surface area (Å²) in [6.45, 7) is 0. The minimum atomic E-state index is -2.88. The Hall–Kier alpha value is -0.880. The summed E-state index contributed by atoms with van der Waals surface area (Å²) in [6.07, 6.45) is 2.23. The molecular weight excluding hydrogens is 276 g/mol. The summed E-state index contributed by atoms with van der Waals surface area (Å²) < 4.78 is 28.0. The van der Waals surface area contributed by atoms with Gasteiger partial charge < -0.3 is 4.74 Å². The second kappa shape index (κ2) is 5.40. The van der Waals surface area contributed by atoms with Crippen LogP contribution in [0.3, 0.4) is 0 Å². The minimum absolute atomic E-state index is 0.113. The zero-order valence-electron chi connectivity index (χ0n) is 10.1. The predicted octanol–water partition coefficient (Wildman–Crippen LogP) is 1.51. The fourth-order valence-corrected chi connectivity index (χ4v) is 4.22. The Morgan fingerprint density at radius 3 is 2.89 bits per heavy atom. The van der Waals surface area contributed by atoms with Gasteiger partial charge in [0.1, 0.15) is 5.02 Å². The molecule has 1 aliphatic rings. The Balaban J connectivity index is 2.07. The van der Waals surface area contributed by atoms with Crippen LogP contribution in [-0.4, -0.2) is 37.2 Å². The average Bonchev–Trinajstić information content (AvgIpc) is 2.28. The Kier molecular flexibility index (Phi) is 4.07. The molecule has 1 aromatic rings. The molecule has 100 valence electrons. The average molecular weight is 291 g/mol. The quantitative estimate of drug-likeness (QED) is 0.844. The molecule has 2 rings (SSSR count). The van der Waals surface area contributed by atoms with E-state index in [1.165, 1.54) is 7.11 Å². The van der Waals surface area contributed by atoms with Crippen molar-refractivity contribution in [1.29, 1.82) is 0 Å². The SMILES string of the molecule is COc1nnc(CC2CCCS(=O)(=O)C2)cc1Cl. The van der Waals surface area contributed by atoms with Crippen LogP contribution in [0.4, 0.5) is 0 Å². The van der Waals surface area contributed by atoms with Gasteiger partial charge >= 0.3 is 0 Å². The van der Waals surface area contributed by atoms with E-state index in [9.17, 15) is 8.42 Å². The van der Waals surface area contributed by atoms with Gasteiger partial charge in [-0.3, -0.25) is 0 Å². The molecule has 18 heavy (non-hydrogen) atoms. The molecule has 0 amide bonds. The van der Waals surface area contributed by atoms with Gasteiger partial charge in [0.15, 0.2) is 9.84 Å². The first-order valence-electron chi connectivity index (χ1n) is 5.76. The second-order valence-corrected chi connectivity index (χ2v) is 7.16. The lowest BCUT2D eigenvalue weighted by atomic mass is 9.99. The van der Waals surface area contributed by atoms with Gasteiger partial charge in [0.2, 0.25) is 0 Å². The number of nitrogens with zero attached hydrogens (tertiary/aromatic N) is 2. The van der Waals surface area contributed by atoms with Gasteiger partial charge in [-0.05, 0) is 31.2 Å². The van der Waals surface area contributed by atoms with Crippen molar-refractivity contribution in [1.82, 2.24) is 10.2 Å². The highest BCUT2D eigenvalue weighted by atomic mass is 35.5. The molecule has 0 N–H and O–H groups in total. The molecule has 1 unspecified atom stereocenters.